The van der Waals surface area contributed by atoms with Crippen molar-refractivity contribution in [2.75, 3.05) is 23.5 Å². The first-order valence-corrected chi connectivity index (χ1v) is 14.2. The van der Waals surface area contributed by atoms with Gasteiger partial charge in [0, 0.05) is 11.3 Å². The summed E-state index contributed by atoms with van der Waals surface area (Å²) < 4.78 is 6.38. The highest BCUT2D eigenvalue weighted by Gasteiger charge is 2.35. The number of carbonyl (C=O) groups excluding carboxylic acids is 2. The number of carbonyl (C=O) groups is 2. The maximum absolute atomic E-state index is 13.7. The first kappa shape index (κ1) is 27.0. The van der Waals surface area contributed by atoms with Crippen molar-refractivity contribution in [3.05, 3.63) is 106 Å². The Bertz CT molecular complexity index is 1660. The number of amides is 2. The van der Waals surface area contributed by atoms with Crippen LogP contribution in [0.25, 0.3) is 10.2 Å². The Morgan fingerprint density at radius 3 is 2.52 bits per heavy atom. The van der Waals surface area contributed by atoms with Gasteiger partial charge in [-0.1, -0.05) is 77.7 Å². The number of rotatable bonds is 8. The molecule has 40 heavy (non-hydrogen) atoms. The molecule has 0 bridgehead atoms. The third-order valence-corrected chi connectivity index (χ3v) is 8.24. The van der Waals surface area contributed by atoms with Crippen molar-refractivity contribution in [2.45, 2.75) is 12.8 Å². The van der Waals surface area contributed by atoms with Gasteiger partial charge in [0.25, 0.3) is 5.91 Å². The number of fused-ring (bicyclic) bond motifs is 1. The summed E-state index contributed by atoms with van der Waals surface area (Å²) in [6, 6.07) is 26.5. The van der Waals surface area contributed by atoms with E-state index >= 15 is 0 Å². The van der Waals surface area contributed by atoms with E-state index in [0.29, 0.717) is 38.4 Å². The van der Waals surface area contributed by atoms with Crippen LogP contribution in [0.15, 0.2) is 101 Å². The van der Waals surface area contributed by atoms with E-state index in [2.05, 4.69) is 27.0 Å². The van der Waals surface area contributed by atoms with E-state index in [1.807, 2.05) is 66.7 Å². The van der Waals surface area contributed by atoms with E-state index in [9.17, 15) is 14.9 Å². The molecule has 200 valence electrons. The Balaban J connectivity index is 1.40. The van der Waals surface area contributed by atoms with Crippen molar-refractivity contribution in [3.8, 4) is 11.8 Å². The van der Waals surface area contributed by atoms with E-state index < -0.39 is 5.92 Å². The van der Waals surface area contributed by atoms with Gasteiger partial charge in [-0.05, 0) is 36.8 Å². The van der Waals surface area contributed by atoms with Gasteiger partial charge in [-0.2, -0.15) is 5.26 Å². The number of methoxy groups -OCH3 is 1. The molecule has 0 fully saturated rings. The van der Waals surface area contributed by atoms with Gasteiger partial charge in [0.05, 0.1) is 51.4 Å². The average Bonchev–Trinajstić information content (AvgIpc) is 3.38. The smallest absolute Gasteiger partial charge is 0.254 e. The monoisotopic (exact) mass is 567 g/mol. The average molecular weight is 568 g/mol. The third kappa shape index (κ3) is 5.71. The number of anilines is 2. The molecule has 0 spiro atoms. The second-order valence-corrected chi connectivity index (χ2v) is 10.9. The van der Waals surface area contributed by atoms with Crippen molar-refractivity contribution in [1.29, 1.82) is 5.26 Å². The van der Waals surface area contributed by atoms with Gasteiger partial charge in [-0.3, -0.25) is 9.59 Å². The van der Waals surface area contributed by atoms with Crippen molar-refractivity contribution in [1.82, 2.24) is 10.3 Å². The number of nitrogens with one attached hydrogen (secondary N) is 3. The van der Waals surface area contributed by atoms with Crippen molar-refractivity contribution in [3.63, 3.8) is 0 Å². The van der Waals surface area contributed by atoms with Crippen LogP contribution in [0.4, 0.5) is 10.8 Å². The minimum atomic E-state index is -0.628. The van der Waals surface area contributed by atoms with Crippen LogP contribution >= 0.6 is 23.1 Å². The van der Waals surface area contributed by atoms with Crippen LogP contribution in [-0.2, 0) is 9.59 Å². The summed E-state index contributed by atoms with van der Waals surface area (Å²) in [5, 5.41) is 20.3. The summed E-state index contributed by atoms with van der Waals surface area (Å²) in [7, 11) is 1.54. The lowest BCUT2D eigenvalue weighted by molar-refractivity contribution is -0.114. The molecule has 0 aliphatic carbocycles. The number of para-hydroxylation sites is 3. The molecular weight excluding hydrogens is 542 g/mol. The molecule has 0 saturated heterocycles. The molecule has 1 atom stereocenters. The number of hydrogen-bond acceptors (Lipinski definition) is 8. The molecule has 2 heterocycles. The van der Waals surface area contributed by atoms with E-state index in [-0.39, 0.29) is 17.6 Å². The van der Waals surface area contributed by atoms with Crippen LogP contribution in [0.2, 0.25) is 0 Å². The predicted octanol–water partition coefficient (Wildman–Crippen LogP) is 6.01. The second kappa shape index (κ2) is 12.1. The maximum atomic E-state index is 13.7. The van der Waals surface area contributed by atoms with Crippen LogP contribution in [0.1, 0.15) is 18.4 Å². The van der Waals surface area contributed by atoms with Crippen molar-refractivity contribution >= 4 is 55.9 Å². The summed E-state index contributed by atoms with van der Waals surface area (Å²) in [4.78, 5) is 30.9. The van der Waals surface area contributed by atoms with Crippen molar-refractivity contribution in [2.24, 2.45) is 0 Å². The van der Waals surface area contributed by atoms with Crippen molar-refractivity contribution < 1.29 is 14.3 Å². The number of hydrogen-bond donors (Lipinski definition) is 3. The summed E-state index contributed by atoms with van der Waals surface area (Å²) in [5.74, 6) is -0.638. The zero-order valence-electron chi connectivity index (χ0n) is 21.7. The van der Waals surface area contributed by atoms with Gasteiger partial charge in [0.15, 0.2) is 5.13 Å². The number of allylic oxidation sites excluding steroid dienone is 2. The van der Waals surface area contributed by atoms with Crippen LogP contribution in [0.5, 0.6) is 5.75 Å². The topological polar surface area (TPSA) is 116 Å². The zero-order chi connectivity index (χ0) is 28.1. The van der Waals surface area contributed by atoms with Gasteiger partial charge in [-0.25, -0.2) is 4.98 Å². The Labute approximate surface area is 239 Å². The number of dihydropyridines is 1. The zero-order valence-corrected chi connectivity index (χ0v) is 23.4. The normalized spacial score (nSPS) is 14.9. The Kier molecular flexibility index (Phi) is 8.15. The fourth-order valence-electron chi connectivity index (χ4n) is 4.46. The SMILES string of the molecule is COc1ccccc1NC(=O)C1=C(C)NC(SCC(=O)Nc2nc3ccccc3s2)=C(C#N)[C@@H]1c1ccccc1. The molecule has 0 radical (unpaired) electrons. The molecule has 1 aromatic heterocycles. The molecule has 8 nitrogen and oxygen atoms in total. The highest BCUT2D eigenvalue weighted by atomic mass is 32.2. The minimum absolute atomic E-state index is 0.0565. The molecule has 3 N–H and O–H groups in total. The number of thiazole rings is 1. The van der Waals surface area contributed by atoms with Gasteiger partial charge in [0.2, 0.25) is 5.91 Å². The number of aromatic nitrogens is 1. The first-order valence-electron chi connectivity index (χ1n) is 12.4. The molecule has 2 amide bonds. The first-order chi connectivity index (χ1) is 19.5. The maximum Gasteiger partial charge on any atom is 0.254 e. The van der Waals surface area contributed by atoms with Crippen LogP contribution in [-0.4, -0.2) is 29.7 Å². The summed E-state index contributed by atoms with van der Waals surface area (Å²) in [6.45, 7) is 1.79. The Morgan fingerprint density at radius 2 is 1.77 bits per heavy atom. The lowest BCUT2D eigenvalue weighted by Crippen LogP contribution is -2.31. The molecule has 1 aliphatic rings. The van der Waals surface area contributed by atoms with Gasteiger partial charge < -0.3 is 20.7 Å². The lowest BCUT2D eigenvalue weighted by atomic mass is 9.82. The number of nitriles is 1. The van der Waals surface area contributed by atoms with E-state index in [1.54, 1.807) is 19.1 Å². The highest BCUT2D eigenvalue weighted by molar-refractivity contribution is 8.03. The molecule has 5 rings (SSSR count). The molecule has 0 unspecified atom stereocenters. The quantitative estimate of drug-likeness (QED) is 0.239. The lowest BCUT2D eigenvalue weighted by Gasteiger charge is -2.30. The number of thioether (sulfide) groups is 1. The fraction of sp³-hybridized carbons (Fsp3) is 0.133. The second-order valence-electron chi connectivity index (χ2n) is 8.84. The van der Waals surface area contributed by atoms with Crippen LogP contribution in [0.3, 0.4) is 0 Å². The Morgan fingerprint density at radius 1 is 1.05 bits per heavy atom. The van der Waals surface area contributed by atoms with Gasteiger partial charge in [0.1, 0.15) is 5.75 Å². The predicted molar refractivity (Wildman–Crippen MR) is 160 cm³/mol. The summed E-state index contributed by atoms with van der Waals surface area (Å²) in [5.41, 5.74) is 3.51. The molecule has 0 saturated carbocycles. The molecule has 1 aliphatic heterocycles. The highest BCUT2D eigenvalue weighted by Crippen LogP contribution is 2.41. The fourth-order valence-corrected chi connectivity index (χ4v) is 6.24. The largest absolute Gasteiger partial charge is 0.495 e. The van der Waals surface area contributed by atoms with E-state index in [4.69, 9.17) is 4.74 Å². The minimum Gasteiger partial charge on any atom is -0.495 e. The van der Waals surface area contributed by atoms with Crippen LogP contribution < -0.4 is 20.7 Å². The third-order valence-electron chi connectivity index (χ3n) is 6.27. The summed E-state index contributed by atoms with van der Waals surface area (Å²) in [6.07, 6.45) is 0. The molecular formula is C30H25N5O3S2. The molecule has 10 heteroatoms. The number of nitrogens with zero attached hydrogens (tertiary/aromatic N) is 2. The summed E-state index contributed by atoms with van der Waals surface area (Å²) >= 11 is 2.62. The number of benzene rings is 3. The molecule has 4 aromatic rings. The van der Waals surface area contributed by atoms with E-state index in [0.717, 1.165) is 15.8 Å². The number of ether oxygens (including phenoxy) is 1. The Hall–Kier alpha value is -4.59. The van der Waals surface area contributed by atoms with E-state index in [1.165, 1.54) is 30.2 Å². The standard InChI is InChI=1S/C30H25N5O3S2/c1-18-26(28(37)33-21-12-6-8-14-23(21)38-2)27(19-10-4-3-5-11-19)20(16-31)29(32-18)39-17-25(36)35-30-34-22-13-7-9-15-24(22)40-30/h3-15,27,32H,17H2,1-2H3,(H,33,37)(H,34,35,36)/t27-/m0/s1. The van der Waals surface area contributed by atoms with Crippen LogP contribution in [0, 0.1) is 11.3 Å². The van der Waals surface area contributed by atoms with Gasteiger partial charge in [-0.15, -0.1) is 0 Å². The molecule has 3 aromatic carbocycles. The van der Waals surface area contributed by atoms with Gasteiger partial charge >= 0.3 is 0 Å².